The van der Waals surface area contributed by atoms with Crippen LogP contribution in [0.4, 0.5) is 0 Å². The van der Waals surface area contributed by atoms with Crippen LogP contribution in [0.3, 0.4) is 0 Å². The first kappa shape index (κ1) is 18.3. The molecule has 0 aromatic rings. The molecule has 0 heterocycles. The summed E-state index contributed by atoms with van der Waals surface area (Å²) in [6.45, 7) is 2.48. The van der Waals surface area contributed by atoms with Crippen molar-refractivity contribution in [3.8, 4) is 0 Å². The van der Waals surface area contributed by atoms with E-state index in [2.05, 4.69) is 6.92 Å². The Balaban J connectivity index is 1.83. The van der Waals surface area contributed by atoms with Crippen molar-refractivity contribution in [1.29, 1.82) is 0 Å². The molecule has 2 rings (SSSR count). The Morgan fingerprint density at radius 2 is 0.636 bits per heavy atom. The lowest BCUT2D eigenvalue weighted by Gasteiger charge is -2.28. The third-order valence-corrected chi connectivity index (χ3v) is 6.61. The van der Waals surface area contributed by atoms with Crippen molar-refractivity contribution < 1.29 is 0 Å². The average molecular weight is 307 g/mol. The van der Waals surface area contributed by atoms with Crippen molar-refractivity contribution in [2.75, 3.05) is 0 Å². The van der Waals surface area contributed by atoms with Crippen LogP contribution >= 0.6 is 0 Å². The van der Waals surface area contributed by atoms with Gasteiger partial charge in [-0.15, -0.1) is 0 Å². The molecular formula is C22H42. The van der Waals surface area contributed by atoms with Gasteiger partial charge in [0.25, 0.3) is 0 Å². The fraction of sp³-hybridized carbons (Fsp3) is 1.00. The summed E-state index contributed by atoms with van der Waals surface area (Å²) in [6.07, 6.45) is 27.4. The predicted molar refractivity (Wildman–Crippen MR) is 99.3 cm³/mol. The van der Waals surface area contributed by atoms with Gasteiger partial charge in [-0.2, -0.15) is 0 Å². The topological polar surface area (TPSA) is 0 Å². The highest BCUT2D eigenvalue weighted by atomic mass is 14.3. The molecule has 0 heteroatoms. The minimum absolute atomic E-state index is 0.991. The Morgan fingerprint density at radius 1 is 0.364 bits per heavy atom. The van der Waals surface area contributed by atoms with Crippen LogP contribution in [0.2, 0.25) is 0 Å². The number of rotatable bonds is 1. The molecule has 2 aliphatic rings. The molecular weight excluding hydrogens is 264 g/mol. The van der Waals surface area contributed by atoms with Gasteiger partial charge in [0.05, 0.1) is 0 Å². The normalized spacial score (nSPS) is 32.0. The molecule has 2 aliphatic carbocycles. The first-order valence-electron chi connectivity index (χ1n) is 10.9. The van der Waals surface area contributed by atoms with Crippen LogP contribution in [-0.2, 0) is 0 Å². The second-order valence-corrected chi connectivity index (χ2v) is 8.60. The standard InChI is InChI=1S/C22H42/c1-20-14-8-7-11-18-22(19-13-12-15-20)21-16-9-5-3-2-4-6-10-17-21/h20-22H,2-19H2,1H3. The first-order chi connectivity index (χ1) is 10.9. The van der Waals surface area contributed by atoms with Crippen LogP contribution in [0, 0.1) is 17.8 Å². The zero-order valence-corrected chi connectivity index (χ0v) is 15.5. The molecule has 0 amide bonds. The van der Waals surface area contributed by atoms with E-state index in [-0.39, 0.29) is 0 Å². The number of hydrogen-bond donors (Lipinski definition) is 0. The molecule has 0 saturated heterocycles. The lowest BCUT2D eigenvalue weighted by molar-refractivity contribution is 0.235. The summed E-state index contributed by atoms with van der Waals surface area (Å²) in [4.78, 5) is 0. The van der Waals surface area contributed by atoms with Crippen molar-refractivity contribution in [3.63, 3.8) is 0 Å². The minimum atomic E-state index is 0.991. The molecule has 0 nitrogen and oxygen atoms in total. The van der Waals surface area contributed by atoms with Gasteiger partial charge in [0.1, 0.15) is 0 Å². The van der Waals surface area contributed by atoms with Crippen LogP contribution in [-0.4, -0.2) is 0 Å². The zero-order chi connectivity index (χ0) is 15.5. The molecule has 0 spiro atoms. The van der Waals surface area contributed by atoms with E-state index in [0.717, 1.165) is 17.8 Å². The predicted octanol–water partition coefficient (Wildman–Crippen LogP) is 7.90. The van der Waals surface area contributed by atoms with Gasteiger partial charge >= 0.3 is 0 Å². The quantitative estimate of drug-likeness (QED) is 0.461. The molecule has 2 fully saturated rings. The van der Waals surface area contributed by atoms with Crippen molar-refractivity contribution in [2.24, 2.45) is 17.8 Å². The van der Waals surface area contributed by atoms with Gasteiger partial charge in [0.2, 0.25) is 0 Å². The van der Waals surface area contributed by atoms with E-state index in [1.807, 2.05) is 0 Å². The molecule has 0 aromatic carbocycles. The third-order valence-electron chi connectivity index (χ3n) is 6.61. The summed E-state index contributed by atoms with van der Waals surface area (Å²) in [5.41, 5.74) is 0. The van der Waals surface area contributed by atoms with Gasteiger partial charge in [-0.05, 0) is 17.8 Å². The Bertz CT molecular complexity index is 247. The average Bonchev–Trinajstić information content (AvgIpc) is 2.58. The molecule has 130 valence electrons. The summed E-state index contributed by atoms with van der Waals surface area (Å²) < 4.78 is 0. The van der Waals surface area contributed by atoms with Crippen LogP contribution in [0.15, 0.2) is 0 Å². The summed E-state index contributed by atoms with van der Waals surface area (Å²) >= 11 is 0. The molecule has 0 bridgehead atoms. The summed E-state index contributed by atoms with van der Waals surface area (Å²) in [6, 6.07) is 0. The van der Waals surface area contributed by atoms with Gasteiger partial charge in [0, 0.05) is 0 Å². The largest absolute Gasteiger partial charge is 0.0625 e. The molecule has 0 aliphatic heterocycles. The van der Waals surface area contributed by atoms with Crippen molar-refractivity contribution in [3.05, 3.63) is 0 Å². The van der Waals surface area contributed by atoms with Gasteiger partial charge in [-0.3, -0.25) is 0 Å². The fourth-order valence-electron chi connectivity index (χ4n) is 5.05. The second kappa shape index (κ2) is 11.5. The lowest BCUT2D eigenvalue weighted by atomic mass is 9.77. The first-order valence-corrected chi connectivity index (χ1v) is 10.9. The third kappa shape index (κ3) is 7.51. The molecule has 2 atom stereocenters. The highest BCUT2D eigenvalue weighted by Crippen LogP contribution is 2.35. The minimum Gasteiger partial charge on any atom is -0.0625 e. The SMILES string of the molecule is CC1CCCCCC(C2CCCCCCCCC2)CCCC1. The van der Waals surface area contributed by atoms with Gasteiger partial charge in [0.15, 0.2) is 0 Å². The smallest absolute Gasteiger partial charge is 0.0386 e. The van der Waals surface area contributed by atoms with E-state index < -0.39 is 0 Å². The summed E-state index contributed by atoms with van der Waals surface area (Å²) in [5, 5.41) is 0. The maximum atomic E-state index is 2.48. The van der Waals surface area contributed by atoms with E-state index >= 15 is 0 Å². The van der Waals surface area contributed by atoms with Gasteiger partial charge in [-0.1, -0.05) is 122 Å². The van der Waals surface area contributed by atoms with Crippen LogP contribution in [0.1, 0.15) is 122 Å². The monoisotopic (exact) mass is 306 g/mol. The van der Waals surface area contributed by atoms with E-state index in [9.17, 15) is 0 Å². The Kier molecular flexibility index (Phi) is 9.61. The highest BCUT2D eigenvalue weighted by Gasteiger charge is 2.21. The Hall–Kier alpha value is 0. The number of hydrogen-bond acceptors (Lipinski definition) is 0. The molecule has 22 heavy (non-hydrogen) atoms. The van der Waals surface area contributed by atoms with Crippen LogP contribution in [0.5, 0.6) is 0 Å². The van der Waals surface area contributed by atoms with E-state index in [1.54, 1.807) is 25.7 Å². The van der Waals surface area contributed by atoms with E-state index in [0.29, 0.717) is 0 Å². The maximum absolute atomic E-state index is 2.48. The molecule has 2 saturated carbocycles. The molecule has 0 aromatic heterocycles. The lowest BCUT2D eigenvalue weighted by Crippen LogP contribution is -2.16. The second-order valence-electron chi connectivity index (χ2n) is 8.60. The van der Waals surface area contributed by atoms with E-state index in [1.165, 1.54) is 89.9 Å². The fourth-order valence-corrected chi connectivity index (χ4v) is 5.05. The Morgan fingerprint density at radius 3 is 1.14 bits per heavy atom. The Labute approximate surface area is 140 Å². The summed E-state index contributed by atoms with van der Waals surface area (Å²) in [7, 11) is 0. The van der Waals surface area contributed by atoms with E-state index in [4.69, 9.17) is 0 Å². The molecule has 0 N–H and O–H groups in total. The molecule has 0 radical (unpaired) electrons. The summed E-state index contributed by atoms with van der Waals surface area (Å²) in [5.74, 6) is 3.15. The zero-order valence-electron chi connectivity index (χ0n) is 15.5. The van der Waals surface area contributed by atoms with Gasteiger partial charge < -0.3 is 0 Å². The highest BCUT2D eigenvalue weighted by molar-refractivity contribution is 4.73. The van der Waals surface area contributed by atoms with Crippen molar-refractivity contribution in [2.45, 2.75) is 122 Å². The van der Waals surface area contributed by atoms with Gasteiger partial charge in [-0.25, -0.2) is 0 Å². The van der Waals surface area contributed by atoms with Crippen LogP contribution < -0.4 is 0 Å². The maximum Gasteiger partial charge on any atom is -0.0386 e. The van der Waals surface area contributed by atoms with Crippen molar-refractivity contribution >= 4 is 0 Å². The van der Waals surface area contributed by atoms with Crippen LogP contribution in [0.25, 0.3) is 0 Å². The van der Waals surface area contributed by atoms with Crippen molar-refractivity contribution in [1.82, 2.24) is 0 Å². The molecule has 2 unspecified atom stereocenters.